The molecule has 0 saturated carbocycles. The molecule has 1 aromatic rings. The predicted octanol–water partition coefficient (Wildman–Crippen LogP) is 0.739. The van der Waals surface area contributed by atoms with Gasteiger partial charge in [0.2, 0.25) is 0 Å². The third-order valence-electron chi connectivity index (χ3n) is 1.65. The van der Waals surface area contributed by atoms with E-state index in [0.717, 1.165) is 4.68 Å². The highest BCUT2D eigenvalue weighted by Crippen LogP contribution is 2.06. The summed E-state index contributed by atoms with van der Waals surface area (Å²) in [4.78, 5) is 0. The maximum absolute atomic E-state index is 12.1. The van der Waals surface area contributed by atoms with Gasteiger partial charge in [-0.2, -0.15) is 10.4 Å². The highest BCUT2D eigenvalue weighted by Gasteiger charge is 2.11. The van der Waals surface area contributed by atoms with Gasteiger partial charge in [0.25, 0.3) is 6.43 Å². The zero-order valence-electron chi connectivity index (χ0n) is 7.67. The minimum absolute atomic E-state index is 0.163. The van der Waals surface area contributed by atoms with E-state index in [0.29, 0.717) is 12.2 Å². The van der Waals surface area contributed by atoms with Crippen molar-refractivity contribution in [2.45, 2.75) is 19.5 Å². The van der Waals surface area contributed by atoms with Crippen LogP contribution in [-0.2, 0) is 13.1 Å². The van der Waals surface area contributed by atoms with Gasteiger partial charge in [0.05, 0.1) is 5.69 Å². The summed E-state index contributed by atoms with van der Waals surface area (Å²) in [6, 6.07) is 3.31. The summed E-state index contributed by atoms with van der Waals surface area (Å²) >= 11 is 0. The molecule has 1 heterocycles. The van der Waals surface area contributed by atoms with Gasteiger partial charge in [-0.25, -0.2) is 8.78 Å². The Morgan fingerprint density at radius 2 is 2.43 bits per heavy atom. The van der Waals surface area contributed by atoms with Gasteiger partial charge >= 0.3 is 0 Å². The molecule has 0 spiro atoms. The SMILES string of the molecule is CNCc1cc(C#N)nn1CC(F)F. The van der Waals surface area contributed by atoms with Gasteiger partial charge in [-0.1, -0.05) is 0 Å². The number of aromatic nitrogens is 2. The minimum atomic E-state index is -2.46. The van der Waals surface area contributed by atoms with Gasteiger partial charge in [0.1, 0.15) is 12.6 Å². The van der Waals surface area contributed by atoms with Crippen LogP contribution in [0.3, 0.4) is 0 Å². The second-order valence-electron chi connectivity index (χ2n) is 2.74. The molecule has 14 heavy (non-hydrogen) atoms. The van der Waals surface area contributed by atoms with E-state index < -0.39 is 13.0 Å². The molecule has 1 N–H and O–H groups in total. The van der Waals surface area contributed by atoms with Crippen LogP contribution in [0.5, 0.6) is 0 Å². The van der Waals surface area contributed by atoms with E-state index in [1.807, 2.05) is 6.07 Å². The summed E-state index contributed by atoms with van der Waals surface area (Å²) < 4.78 is 25.3. The molecule has 0 bridgehead atoms. The Bertz CT molecular complexity index is 340. The van der Waals surface area contributed by atoms with Gasteiger partial charge in [0, 0.05) is 6.54 Å². The maximum atomic E-state index is 12.1. The number of nitrogens with zero attached hydrogens (tertiary/aromatic N) is 3. The van der Waals surface area contributed by atoms with Gasteiger partial charge in [-0.05, 0) is 13.1 Å². The summed E-state index contributed by atoms with van der Waals surface area (Å²) in [6.07, 6.45) is -2.46. The third kappa shape index (κ3) is 2.50. The smallest absolute Gasteiger partial charge is 0.257 e. The molecule has 0 radical (unpaired) electrons. The first kappa shape index (κ1) is 10.6. The van der Waals surface area contributed by atoms with Crippen molar-refractivity contribution >= 4 is 0 Å². The molecule has 76 valence electrons. The number of nitrogens with one attached hydrogen (secondary N) is 1. The molecule has 0 unspecified atom stereocenters. The van der Waals surface area contributed by atoms with Crippen LogP contribution in [0.2, 0.25) is 0 Å². The van der Waals surface area contributed by atoms with Crippen LogP contribution in [0.4, 0.5) is 8.78 Å². The van der Waals surface area contributed by atoms with Gasteiger partial charge < -0.3 is 5.32 Å². The molecule has 4 nitrogen and oxygen atoms in total. The van der Waals surface area contributed by atoms with E-state index in [4.69, 9.17) is 5.26 Å². The number of alkyl halides is 2. The highest BCUT2D eigenvalue weighted by molar-refractivity contribution is 5.22. The lowest BCUT2D eigenvalue weighted by Gasteiger charge is -2.05. The Labute approximate surface area is 80.1 Å². The molecule has 0 atom stereocenters. The molecule has 0 aliphatic rings. The lowest BCUT2D eigenvalue weighted by molar-refractivity contribution is 0.120. The molecule has 0 aliphatic heterocycles. The van der Waals surface area contributed by atoms with Crippen LogP contribution in [0.25, 0.3) is 0 Å². The van der Waals surface area contributed by atoms with Crippen LogP contribution in [-0.4, -0.2) is 23.3 Å². The number of rotatable bonds is 4. The van der Waals surface area contributed by atoms with Crippen LogP contribution >= 0.6 is 0 Å². The Kier molecular flexibility index (Phi) is 3.54. The fourth-order valence-corrected chi connectivity index (χ4v) is 1.12. The first-order chi connectivity index (χ1) is 6.67. The largest absolute Gasteiger partial charge is 0.314 e. The van der Waals surface area contributed by atoms with E-state index >= 15 is 0 Å². The average molecular weight is 200 g/mol. The normalized spacial score (nSPS) is 10.5. The number of hydrogen-bond acceptors (Lipinski definition) is 3. The first-order valence-electron chi connectivity index (χ1n) is 4.07. The zero-order valence-corrected chi connectivity index (χ0v) is 7.67. The quantitative estimate of drug-likeness (QED) is 0.779. The summed E-state index contributed by atoms with van der Waals surface area (Å²) in [5.41, 5.74) is 0.750. The Balaban J connectivity index is 2.89. The Hall–Kier alpha value is -1.48. The molecule has 0 aliphatic carbocycles. The van der Waals surface area contributed by atoms with Crippen molar-refractivity contribution < 1.29 is 8.78 Å². The van der Waals surface area contributed by atoms with Crippen molar-refractivity contribution in [1.29, 1.82) is 5.26 Å². The van der Waals surface area contributed by atoms with Gasteiger partial charge in [0.15, 0.2) is 5.69 Å². The molecule has 6 heteroatoms. The van der Waals surface area contributed by atoms with Gasteiger partial charge in [-0.15, -0.1) is 0 Å². The van der Waals surface area contributed by atoms with E-state index in [1.165, 1.54) is 6.07 Å². The molecule has 1 rings (SSSR count). The number of halogens is 2. The topological polar surface area (TPSA) is 53.6 Å². The molecular formula is C8H10F2N4. The summed E-state index contributed by atoms with van der Waals surface area (Å²) in [7, 11) is 1.70. The molecule has 0 amide bonds. The molecule has 1 aromatic heterocycles. The second kappa shape index (κ2) is 4.67. The number of nitriles is 1. The average Bonchev–Trinajstić information content (AvgIpc) is 2.48. The first-order valence-corrected chi connectivity index (χ1v) is 4.07. The third-order valence-corrected chi connectivity index (χ3v) is 1.65. The van der Waals surface area contributed by atoms with Crippen molar-refractivity contribution in [2.24, 2.45) is 0 Å². The summed E-state index contributed by atoms with van der Waals surface area (Å²) in [5.74, 6) is 0. The summed E-state index contributed by atoms with van der Waals surface area (Å²) in [6.45, 7) is -0.0555. The Morgan fingerprint density at radius 1 is 1.71 bits per heavy atom. The Morgan fingerprint density at radius 3 is 2.93 bits per heavy atom. The van der Waals surface area contributed by atoms with E-state index in [1.54, 1.807) is 7.05 Å². The fraction of sp³-hybridized carbons (Fsp3) is 0.500. The van der Waals surface area contributed by atoms with Crippen LogP contribution in [0.1, 0.15) is 11.4 Å². The highest BCUT2D eigenvalue weighted by atomic mass is 19.3. The second-order valence-corrected chi connectivity index (χ2v) is 2.74. The molecule has 0 aromatic carbocycles. The van der Waals surface area contributed by atoms with Crippen molar-refractivity contribution in [2.75, 3.05) is 7.05 Å². The standard InChI is InChI=1S/C8H10F2N4/c1-12-4-7-2-6(3-11)13-14(7)5-8(9)10/h2,8,12H,4-5H2,1H3. The van der Waals surface area contributed by atoms with Crippen LogP contribution in [0.15, 0.2) is 6.07 Å². The molecular weight excluding hydrogens is 190 g/mol. The van der Waals surface area contributed by atoms with Crippen molar-refractivity contribution in [3.63, 3.8) is 0 Å². The minimum Gasteiger partial charge on any atom is -0.314 e. The van der Waals surface area contributed by atoms with Crippen LogP contribution in [0, 0.1) is 11.3 Å². The van der Waals surface area contributed by atoms with E-state index in [2.05, 4.69) is 10.4 Å². The monoisotopic (exact) mass is 200 g/mol. The van der Waals surface area contributed by atoms with E-state index in [9.17, 15) is 8.78 Å². The fourth-order valence-electron chi connectivity index (χ4n) is 1.12. The lowest BCUT2D eigenvalue weighted by atomic mass is 10.3. The summed E-state index contributed by atoms with van der Waals surface area (Å²) in [5, 5.41) is 15.1. The van der Waals surface area contributed by atoms with E-state index in [-0.39, 0.29) is 5.69 Å². The predicted molar refractivity (Wildman–Crippen MR) is 45.7 cm³/mol. The zero-order chi connectivity index (χ0) is 10.6. The van der Waals surface area contributed by atoms with Crippen molar-refractivity contribution in [3.8, 4) is 6.07 Å². The van der Waals surface area contributed by atoms with Crippen molar-refractivity contribution in [1.82, 2.24) is 15.1 Å². The lowest BCUT2D eigenvalue weighted by Crippen LogP contribution is -2.15. The molecule has 0 fully saturated rings. The maximum Gasteiger partial charge on any atom is 0.257 e. The number of hydrogen-bond donors (Lipinski definition) is 1. The molecule has 0 saturated heterocycles. The van der Waals surface area contributed by atoms with Crippen LogP contribution < -0.4 is 5.32 Å². The van der Waals surface area contributed by atoms with Crippen molar-refractivity contribution in [3.05, 3.63) is 17.5 Å². The van der Waals surface area contributed by atoms with Gasteiger partial charge in [-0.3, -0.25) is 4.68 Å².